The molecule has 13 nitrogen and oxygen atoms in total. The Morgan fingerprint density at radius 3 is 2.83 bits per heavy atom. The van der Waals surface area contributed by atoms with E-state index in [4.69, 9.17) is 45.1 Å². The summed E-state index contributed by atoms with van der Waals surface area (Å²) < 4.78 is 7.60. The Morgan fingerprint density at radius 1 is 1.30 bits per heavy atom. The number of nitrogens with zero attached hydrogens (tertiary/aromatic N) is 6. The second kappa shape index (κ2) is 8.08. The lowest BCUT2D eigenvalue weighted by molar-refractivity contribution is -0.0432. The maximum absolute atomic E-state index is 9.74. The number of nitrogens with two attached hydrogens (primary N) is 2. The number of H-pyrrole nitrogens is 2. The average Bonchev–Trinajstić information content (AvgIpc) is 3.40. The van der Waals surface area contributed by atoms with Crippen molar-refractivity contribution in [1.29, 1.82) is 0 Å². The van der Waals surface area contributed by atoms with E-state index in [1.807, 2.05) is 0 Å². The number of aliphatic hydroxyl groups is 2. The summed E-state index contributed by atoms with van der Waals surface area (Å²) in [5, 5.41) is 18.8. The van der Waals surface area contributed by atoms with Gasteiger partial charge in [0.05, 0.1) is 25.4 Å². The van der Waals surface area contributed by atoms with E-state index >= 15 is 0 Å². The highest BCUT2D eigenvalue weighted by Gasteiger charge is 2.35. The van der Waals surface area contributed by atoms with E-state index in [2.05, 4.69) is 34.9 Å². The molecule has 0 unspecified atom stereocenters. The van der Waals surface area contributed by atoms with E-state index < -0.39 is 18.4 Å². The van der Waals surface area contributed by atoms with E-state index in [1.165, 1.54) is 12.7 Å². The largest absolute Gasteiger partial charge is 0.394 e. The van der Waals surface area contributed by atoms with Gasteiger partial charge in [-0.15, -0.1) is 0 Å². The molecular formula is C15H17ClN10O3S. The molecule has 15 heteroatoms. The fourth-order valence-corrected chi connectivity index (χ4v) is 3.46. The molecule has 5 rings (SSSR count). The van der Waals surface area contributed by atoms with Crippen molar-refractivity contribution in [3.63, 3.8) is 0 Å². The normalized spacial score (nSPS) is 21.1. The van der Waals surface area contributed by atoms with Crippen molar-refractivity contribution in [1.82, 2.24) is 39.5 Å². The third kappa shape index (κ3) is 3.78. The molecule has 1 aliphatic rings. The van der Waals surface area contributed by atoms with Gasteiger partial charge in [-0.25, -0.2) is 15.0 Å². The van der Waals surface area contributed by atoms with E-state index in [0.717, 1.165) is 0 Å². The van der Waals surface area contributed by atoms with Crippen LogP contribution in [0, 0.1) is 4.64 Å². The predicted molar refractivity (Wildman–Crippen MR) is 110 cm³/mol. The van der Waals surface area contributed by atoms with Crippen LogP contribution in [-0.4, -0.2) is 68.5 Å². The number of hydrogen-bond donors (Lipinski definition) is 6. The van der Waals surface area contributed by atoms with Gasteiger partial charge in [0.1, 0.15) is 23.4 Å². The number of rotatable bonds is 2. The zero-order chi connectivity index (χ0) is 21.4. The Hall–Kier alpha value is -2.91. The van der Waals surface area contributed by atoms with Crippen LogP contribution >= 0.6 is 23.8 Å². The molecule has 0 spiro atoms. The van der Waals surface area contributed by atoms with Gasteiger partial charge in [0.15, 0.2) is 21.8 Å². The highest BCUT2D eigenvalue weighted by Crippen LogP contribution is 2.31. The zero-order valence-corrected chi connectivity index (χ0v) is 16.8. The number of aliphatic hydroxyl groups excluding tert-OH is 2. The van der Waals surface area contributed by atoms with Crippen LogP contribution in [0.5, 0.6) is 0 Å². The number of nitrogen functional groups attached to an aromatic ring is 2. The van der Waals surface area contributed by atoms with Crippen LogP contribution in [0.1, 0.15) is 12.6 Å². The smallest absolute Gasteiger partial charge is 0.226 e. The van der Waals surface area contributed by atoms with Crippen LogP contribution in [0.2, 0.25) is 5.28 Å². The molecule has 0 saturated carbocycles. The van der Waals surface area contributed by atoms with Crippen molar-refractivity contribution in [2.75, 3.05) is 18.1 Å². The van der Waals surface area contributed by atoms with Gasteiger partial charge in [-0.05, 0) is 11.6 Å². The summed E-state index contributed by atoms with van der Waals surface area (Å²) in [5.74, 6) is 0.473. The van der Waals surface area contributed by atoms with Gasteiger partial charge in [-0.1, -0.05) is 12.2 Å². The predicted octanol–water partition coefficient (Wildman–Crippen LogP) is 0.300. The number of hydrogen-bond acceptors (Lipinski definition) is 11. The third-order valence-corrected chi connectivity index (χ3v) is 4.90. The fraction of sp³-hybridized carbons (Fsp3) is 0.333. The van der Waals surface area contributed by atoms with Crippen molar-refractivity contribution in [2.24, 2.45) is 0 Å². The zero-order valence-electron chi connectivity index (χ0n) is 15.2. The number of aromatic amines is 2. The van der Waals surface area contributed by atoms with E-state index in [9.17, 15) is 5.11 Å². The molecule has 1 fully saturated rings. The third-order valence-electron chi connectivity index (χ3n) is 4.44. The SMILES string of the molecule is Nc1nc(=S)c2[nH]cnc2[nH]1.Nc1nc(Cl)nc2c1ncn2[C@H]1C[C@H](O)[C@@H](CO)O1. The first-order valence-corrected chi connectivity index (χ1v) is 9.44. The minimum absolute atomic E-state index is 0.0176. The first-order chi connectivity index (χ1) is 14.4. The minimum atomic E-state index is -0.734. The van der Waals surface area contributed by atoms with Crippen LogP contribution in [0.15, 0.2) is 12.7 Å². The number of ether oxygens (including phenoxy) is 1. The summed E-state index contributed by atoms with van der Waals surface area (Å²) in [6.45, 7) is -0.248. The highest BCUT2D eigenvalue weighted by molar-refractivity contribution is 7.71. The van der Waals surface area contributed by atoms with Crippen molar-refractivity contribution in [3.8, 4) is 0 Å². The molecule has 1 saturated heterocycles. The second-order valence-corrected chi connectivity index (χ2v) is 7.09. The fourth-order valence-electron chi connectivity index (χ4n) is 3.04. The van der Waals surface area contributed by atoms with Gasteiger partial charge in [0.25, 0.3) is 0 Å². The minimum Gasteiger partial charge on any atom is -0.394 e. The van der Waals surface area contributed by atoms with Crippen LogP contribution in [-0.2, 0) is 4.74 Å². The molecule has 4 aromatic rings. The lowest BCUT2D eigenvalue weighted by Crippen LogP contribution is -2.24. The molecule has 3 atom stereocenters. The molecule has 1 aliphatic heterocycles. The number of anilines is 2. The van der Waals surface area contributed by atoms with E-state index in [1.54, 1.807) is 4.57 Å². The van der Waals surface area contributed by atoms with Gasteiger partial charge < -0.3 is 36.4 Å². The van der Waals surface area contributed by atoms with Crippen molar-refractivity contribution in [3.05, 3.63) is 22.6 Å². The Balaban J connectivity index is 0.000000168. The van der Waals surface area contributed by atoms with Crippen molar-refractivity contribution >= 4 is 57.9 Å². The maximum Gasteiger partial charge on any atom is 0.226 e. The van der Waals surface area contributed by atoms with Gasteiger partial charge in [0, 0.05) is 6.42 Å². The summed E-state index contributed by atoms with van der Waals surface area (Å²) in [6.07, 6.45) is 1.56. The number of halogens is 1. The number of fused-ring (bicyclic) bond motifs is 2. The monoisotopic (exact) mass is 452 g/mol. The molecule has 8 N–H and O–H groups in total. The summed E-state index contributed by atoms with van der Waals surface area (Å²) in [4.78, 5) is 25.4. The molecule has 30 heavy (non-hydrogen) atoms. The van der Waals surface area contributed by atoms with E-state index in [0.29, 0.717) is 33.4 Å². The topological polar surface area (TPSA) is 203 Å². The summed E-state index contributed by atoms with van der Waals surface area (Å²) in [7, 11) is 0. The van der Waals surface area contributed by atoms with Crippen LogP contribution in [0.25, 0.3) is 22.3 Å². The molecule has 0 amide bonds. The van der Waals surface area contributed by atoms with Crippen molar-refractivity contribution < 1.29 is 14.9 Å². The van der Waals surface area contributed by atoms with Gasteiger partial charge in [0.2, 0.25) is 11.2 Å². The van der Waals surface area contributed by atoms with Crippen LogP contribution in [0.3, 0.4) is 0 Å². The van der Waals surface area contributed by atoms with Crippen LogP contribution < -0.4 is 11.5 Å². The lowest BCUT2D eigenvalue weighted by Gasteiger charge is -2.13. The maximum atomic E-state index is 9.74. The molecule has 0 radical (unpaired) electrons. The van der Waals surface area contributed by atoms with Crippen LogP contribution in [0.4, 0.5) is 11.8 Å². The quantitative estimate of drug-likeness (QED) is 0.180. The highest BCUT2D eigenvalue weighted by atomic mass is 35.5. The average molecular weight is 453 g/mol. The first kappa shape index (κ1) is 20.4. The standard InChI is InChI=1S/C10H12ClN5O3.C5H5N5S/c11-10-14-8(12)7-9(15-10)16(3-13-7)6-1-4(18)5(2-17)19-6;6-5-9-3-2(4(11)10-5)7-1-8-3/h3-6,17-18H,1-2H2,(H2,12,14,15);1H,(H4,6,7,8,9,10,11)/t4-,5+,6+;/m0./s1. The molecule has 4 aromatic heterocycles. The Labute approximate surface area is 178 Å². The molecule has 5 heterocycles. The number of aromatic nitrogens is 8. The van der Waals surface area contributed by atoms with E-state index in [-0.39, 0.29) is 23.7 Å². The summed E-state index contributed by atoms with van der Waals surface area (Å²) in [6, 6.07) is 0. The second-order valence-electron chi connectivity index (χ2n) is 6.37. The molecule has 0 aliphatic carbocycles. The van der Waals surface area contributed by atoms with Crippen molar-refractivity contribution in [2.45, 2.75) is 24.9 Å². The first-order valence-electron chi connectivity index (χ1n) is 8.66. The molecule has 0 aromatic carbocycles. The Morgan fingerprint density at radius 2 is 2.10 bits per heavy atom. The summed E-state index contributed by atoms with van der Waals surface area (Å²) >= 11 is 10.7. The molecule has 158 valence electrons. The Kier molecular flexibility index (Phi) is 5.48. The molecular weight excluding hydrogens is 436 g/mol. The van der Waals surface area contributed by atoms with Gasteiger partial charge in [-0.2, -0.15) is 9.97 Å². The van der Waals surface area contributed by atoms with Gasteiger partial charge >= 0.3 is 0 Å². The lowest BCUT2D eigenvalue weighted by atomic mass is 10.2. The Bertz CT molecular complexity index is 1260. The number of nitrogens with one attached hydrogen (secondary N) is 2. The number of imidazole rings is 2. The molecule has 0 bridgehead atoms. The summed E-state index contributed by atoms with van der Waals surface area (Å²) in [5.41, 5.74) is 13.3. The van der Waals surface area contributed by atoms with Gasteiger partial charge in [-0.3, -0.25) is 4.57 Å².